The Morgan fingerprint density at radius 3 is 3.11 bits per heavy atom. The van der Waals surface area contributed by atoms with Gasteiger partial charge in [-0.3, -0.25) is 4.79 Å². The average molecular weight is 244 g/mol. The second kappa shape index (κ2) is 5.71. The van der Waals surface area contributed by atoms with Crippen LogP contribution in [-0.4, -0.2) is 30.4 Å². The highest BCUT2D eigenvalue weighted by molar-refractivity contribution is 5.97. The number of nitrogens with one attached hydrogen (secondary N) is 1. The molecule has 0 spiro atoms. The van der Waals surface area contributed by atoms with Gasteiger partial charge in [-0.2, -0.15) is 0 Å². The molecular formula is C15H20N2O. The van der Waals surface area contributed by atoms with Crippen molar-refractivity contribution in [3.63, 3.8) is 0 Å². The van der Waals surface area contributed by atoms with Crippen molar-refractivity contribution in [2.24, 2.45) is 0 Å². The summed E-state index contributed by atoms with van der Waals surface area (Å²) < 4.78 is 0. The summed E-state index contributed by atoms with van der Waals surface area (Å²) in [7, 11) is 0. The molecule has 0 atom stereocenters. The topological polar surface area (TPSA) is 32.3 Å². The maximum absolute atomic E-state index is 12.5. The molecule has 2 rings (SSSR count). The predicted octanol–water partition coefficient (Wildman–Crippen LogP) is 2.69. The first kappa shape index (κ1) is 12.7. The summed E-state index contributed by atoms with van der Waals surface area (Å²) in [6.45, 7) is 8.01. The van der Waals surface area contributed by atoms with Gasteiger partial charge in [0, 0.05) is 30.9 Å². The molecule has 0 saturated carbocycles. The Morgan fingerprint density at radius 1 is 1.56 bits per heavy atom. The summed E-state index contributed by atoms with van der Waals surface area (Å²) in [4.78, 5) is 14.3. The normalized spacial score (nSPS) is 13.4. The monoisotopic (exact) mass is 244 g/mol. The van der Waals surface area contributed by atoms with Gasteiger partial charge < -0.3 is 10.2 Å². The number of amides is 1. The molecule has 0 saturated heterocycles. The average Bonchev–Trinajstić information content (AvgIpc) is 2.43. The summed E-state index contributed by atoms with van der Waals surface area (Å²) in [5.74, 6) is 0.109. The molecule has 0 bridgehead atoms. The molecule has 1 heterocycles. The van der Waals surface area contributed by atoms with E-state index in [-0.39, 0.29) is 5.91 Å². The first-order chi connectivity index (χ1) is 8.77. The number of benzene rings is 1. The lowest BCUT2D eigenvalue weighted by Crippen LogP contribution is -2.32. The van der Waals surface area contributed by atoms with Gasteiger partial charge in [-0.05, 0) is 37.5 Å². The molecule has 1 amide bonds. The van der Waals surface area contributed by atoms with Crippen LogP contribution in [0, 0.1) is 0 Å². The summed E-state index contributed by atoms with van der Waals surface area (Å²) in [6, 6.07) is 5.93. The molecule has 0 fully saturated rings. The van der Waals surface area contributed by atoms with Crippen LogP contribution in [0.25, 0.3) is 0 Å². The van der Waals surface area contributed by atoms with Gasteiger partial charge in [-0.1, -0.05) is 12.1 Å². The molecular weight excluding hydrogens is 224 g/mol. The van der Waals surface area contributed by atoms with Crippen LogP contribution in [-0.2, 0) is 6.42 Å². The number of fused-ring (bicyclic) bond motifs is 1. The summed E-state index contributed by atoms with van der Waals surface area (Å²) in [5.41, 5.74) is 3.11. The van der Waals surface area contributed by atoms with Crippen LogP contribution in [0.4, 0.5) is 5.69 Å². The minimum Gasteiger partial charge on any atom is -0.385 e. The number of hydrogen-bond donors (Lipinski definition) is 1. The van der Waals surface area contributed by atoms with Crippen molar-refractivity contribution in [1.29, 1.82) is 0 Å². The van der Waals surface area contributed by atoms with Crippen molar-refractivity contribution in [3.8, 4) is 0 Å². The third kappa shape index (κ3) is 2.40. The van der Waals surface area contributed by atoms with Gasteiger partial charge in [0.05, 0.1) is 0 Å². The van der Waals surface area contributed by atoms with Gasteiger partial charge in [0.25, 0.3) is 5.91 Å². The highest BCUT2D eigenvalue weighted by Crippen LogP contribution is 2.26. The van der Waals surface area contributed by atoms with Gasteiger partial charge in [0.2, 0.25) is 0 Å². The fraction of sp³-hybridized carbons (Fsp3) is 0.400. The Hall–Kier alpha value is -1.77. The van der Waals surface area contributed by atoms with Crippen molar-refractivity contribution < 1.29 is 4.79 Å². The predicted molar refractivity (Wildman–Crippen MR) is 75.0 cm³/mol. The zero-order chi connectivity index (χ0) is 13.0. The number of carbonyl (C=O) groups excluding carboxylic acids is 1. The van der Waals surface area contributed by atoms with E-state index in [1.165, 1.54) is 0 Å². The van der Waals surface area contributed by atoms with Gasteiger partial charge >= 0.3 is 0 Å². The van der Waals surface area contributed by atoms with Crippen LogP contribution in [0.15, 0.2) is 30.9 Å². The molecule has 96 valence electrons. The number of carbonyl (C=O) groups is 1. The molecule has 1 aromatic carbocycles. The highest BCUT2D eigenvalue weighted by Gasteiger charge is 2.20. The Morgan fingerprint density at radius 2 is 2.39 bits per heavy atom. The van der Waals surface area contributed by atoms with Crippen molar-refractivity contribution in [1.82, 2.24) is 4.90 Å². The second-order valence-corrected chi connectivity index (χ2v) is 4.49. The lowest BCUT2D eigenvalue weighted by molar-refractivity contribution is 0.0781. The number of hydrogen-bond acceptors (Lipinski definition) is 2. The molecule has 1 N–H and O–H groups in total. The Bertz CT molecular complexity index is 454. The number of nitrogens with zero attached hydrogens (tertiary/aromatic N) is 1. The molecule has 0 unspecified atom stereocenters. The Labute approximate surface area is 108 Å². The summed E-state index contributed by atoms with van der Waals surface area (Å²) in [5, 5.41) is 3.36. The third-order valence-electron chi connectivity index (χ3n) is 3.34. The zero-order valence-corrected chi connectivity index (χ0v) is 10.9. The van der Waals surface area contributed by atoms with Gasteiger partial charge in [-0.15, -0.1) is 6.58 Å². The molecule has 1 aliphatic rings. The molecule has 0 radical (unpaired) electrons. The van der Waals surface area contributed by atoms with Gasteiger partial charge in [0.1, 0.15) is 0 Å². The fourth-order valence-electron chi connectivity index (χ4n) is 2.39. The maximum Gasteiger partial charge on any atom is 0.254 e. The van der Waals surface area contributed by atoms with E-state index in [1.54, 1.807) is 6.08 Å². The van der Waals surface area contributed by atoms with E-state index in [0.717, 1.165) is 36.2 Å². The Kier molecular flexibility index (Phi) is 4.03. The minimum atomic E-state index is 0.109. The first-order valence-electron chi connectivity index (χ1n) is 6.53. The van der Waals surface area contributed by atoms with Crippen LogP contribution in [0.1, 0.15) is 29.3 Å². The van der Waals surface area contributed by atoms with Gasteiger partial charge in [0.15, 0.2) is 0 Å². The lowest BCUT2D eigenvalue weighted by atomic mass is 9.97. The Balaban J connectivity index is 2.32. The van der Waals surface area contributed by atoms with E-state index >= 15 is 0 Å². The molecule has 3 heteroatoms. The minimum absolute atomic E-state index is 0.109. The van der Waals surface area contributed by atoms with Crippen molar-refractivity contribution in [2.45, 2.75) is 19.8 Å². The smallest absolute Gasteiger partial charge is 0.254 e. The van der Waals surface area contributed by atoms with Crippen LogP contribution < -0.4 is 5.32 Å². The van der Waals surface area contributed by atoms with Crippen molar-refractivity contribution in [2.75, 3.05) is 25.0 Å². The number of rotatable bonds is 4. The third-order valence-corrected chi connectivity index (χ3v) is 3.34. The summed E-state index contributed by atoms with van der Waals surface area (Å²) >= 11 is 0. The summed E-state index contributed by atoms with van der Waals surface area (Å²) in [6.07, 6.45) is 3.84. The lowest BCUT2D eigenvalue weighted by Gasteiger charge is -2.24. The number of likely N-dealkylation sites (N-methyl/N-ethyl adjacent to an activating group) is 1. The van der Waals surface area contributed by atoms with E-state index in [4.69, 9.17) is 0 Å². The quantitative estimate of drug-likeness (QED) is 0.826. The van der Waals surface area contributed by atoms with Crippen molar-refractivity contribution >= 4 is 11.6 Å². The van der Waals surface area contributed by atoms with Gasteiger partial charge in [-0.25, -0.2) is 0 Å². The zero-order valence-electron chi connectivity index (χ0n) is 10.9. The van der Waals surface area contributed by atoms with E-state index in [1.807, 2.05) is 24.0 Å². The standard InChI is InChI=1S/C15H20N2O/c1-3-11-17(4-2)15(18)13-7-5-9-14-12(13)8-6-10-16-14/h3,5,7,9,16H,1,4,6,8,10-11H2,2H3. The van der Waals surface area contributed by atoms with E-state index < -0.39 is 0 Å². The largest absolute Gasteiger partial charge is 0.385 e. The molecule has 0 aromatic heterocycles. The molecule has 0 aliphatic carbocycles. The molecule has 3 nitrogen and oxygen atoms in total. The van der Waals surface area contributed by atoms with Crippen LogP contribution >= 0.6 is 0 Å². The molecule has 1 aromatic rings. The molecule has 1 aliphatic heterocycles. The van der Waals surface area contributed by atoms with Crippen LogP contribution in [0.5, 0.6) is 0 Å². The SMILES string of the molecule is C=CCN(CC)C(=O)c1cccc2c1CCCN2. The maximum atomic E-state index is 12.5. The highest BCUT2D eigenvalue weighted by atomic mass is 16.2. The van der Waals surface area contributed by atoms with Crippen LogP contribution in [0.2, 0.25) is 0 Å². The van der Waals surface area contributed by atoms with Crippen molar-refractivity contribution in [3.05, 3.63) is 42.0 Å². The van der Waals surface area contributed by atoms with Crippen LogP contribution in [0.3, 0.4) is 0 Å². The molecule has 18 heavy (non-hydrogen) atoms. The first-order valence-corrected chi connectivity index (χ1v) is 6.53. The van der Waals surface area contributed by atoms with E-state index in [2.05, 4.69) is 18.0 Å². The second-order valence-electron chi connectivity index (χ2n) is 4.49. The fourth-order valence-corrected chi connectivity index (χ4v) is 2.39. The number of anilines is 1. The van der Waals surface area contributed by atoms with E-state index in [9.17, 15) is 4.79 Å². The van der Waals surface area contributed by atoms with E-state index in [0.29, 0.717) is 13.1 Å².